The maximum atomic E-state index is 13.4. The van der Waals surface area contributed by atoms with Crippen LogP contribution in [0.4, 0.5) is 4.39 Å². The van der Waals surface area contributed by atoms with Gasteiger partial charge in [0.1, 0.15) is 28.9 Å². The molecule has 3 nitrogen and oxygen atoms in total. The molecule has 0 radical (unpaired) electrons. The van der Waals surface area contributed by atoms with E-state index in [0.29, 0.717) is 22.1 Å². The Morgan fingerprint density at radius 1 is 1.32 bits per heavy atom. The minimum absolute atomic E-state index is 0.133. The summed E-state index contributed by atoms with van der Waals surface area (Å²) in [5, 5.41) is 8.89. The normalized spacial score (nSPS) is 9.74. The third kappa shape index (κ3) is 2.80. The van der Waals surface area contributed by atoms with Gasteiger partial charge in [0.2, 0.25) is 0 Å². The fraction of sp³-hybridized carbons (Fsp3) is 0. The van der Waals surface area contributed by atoms with Gasteiger partial charge in [-0.1, -0.05) is 6.07 Å². The molecule has 0 aliphatic rings. The molecular weight excluding hydrogens is 313 g/mol. The summed E-state index contributed by atoms with van der Waals surface area (Å²) in [7, 11) is 0. The van der Waals surface area contributed by atoms with Crippen LogP contribution in [0, 0.1) is 17.1 Å². The zero-order valence-electron chi connectivity index (χ0n) is 9.56. The Morgan fingerprint density at radius 2 is 2.11 bits per heavy atom. The molecule has 19 heavy (non-hydrogen) atoms. The summed E-state index contributed by atoms with van der Waals surface area (Å²) < 4.78 is 19.4. The first-order valence-electron chi connectivity index (χ1n) is 5.27. The van der Waals surface area contributed by atoms with E-state index in [2.05, 4.69) is 15.9 Å². The molecule has 0 N–H and O–H groups in total. The van der Waals surface area contributed by atoms with Gasteiger partial charge in [-0.15, -0.1) is 0 Å². The second kappa shape index (κ2) is 5.63. The number of halogens is 2. The van der Waals surface area contributed by atoms with Gasteiger partial charge in [-0.3, -0.25) is 4.79 Å². The van der Waals surface area contributed by atoms with Crippen LogP contribution in [0.15, 0.2) is 40.9 Å². The van der Waals surface area contributed by atoms with Gasteiger partial charge < -0.3 is 4.74 Å². The van der Waals surface area contributed by atoms with E-state index >= 15 is 0 Å². The maximum absolute atomic E-state index is 13.4. The van der Waals surface area contributed by atoms with E-state index in [0.717, 1.165) is 0 Å². The molecule has 0 unspecified atom stereocenters. The van der Waals surface area contributed by atoms with Crippen LogP contribution in [0.2, 0.25) is 0 Å². The van der Waals surface area contributed by atoms with Gasteiger partial charge in [0.25, 0.3) is 0 Å². The summed E-state index contributed by atoms with van der Waals surface area (Å²) in [6.45, 7) is 0. The van der Waals surface area contributed by atoms with E-state index in [1.54, 1.807) is 24.3 Å². The van der Waals surface area contributed by atoms with Gasteiger partial charge in [-0.25, -0.2) is 4.39 Å². The fourth-order valence-electron chi connectivity index (χ4n) is 1.49. The number of rotatable bonds is 3. The molecule has 0 bridgehead atoms. The molecule has 5 heteroatoms. The Labute approximate surface area is 117 Å². The number of nitrogens with zero attached hydrogens (tertiary/aromatic N) is 1. The highest BCUT2D eigenvalue weighted by Crippen LogP contribution is 2.29. The average molecular weight is 320 g/mol. The molecule has 2 rings (SSSR count). The lowest BCUT2D eigenvalue weighted by molar-refractivity contribution is 0.112. The average Bonchev–Trinajstić information content (AvgIpc) is 2.39. The van der Waals surface area contributed by atoms with E-state index < -0.39 is 5.82 Å². The van der Waals surface area contributed by atoms with Gasteiger partial charge in [0, 0.05) is 10.0 Å². The Hall–Kier alpha value is -2.19. The van der Waals surface area contributed by atoms with Crippen molar-refractivity contribution in [3.8, 4) is 17.6 Å². The van der Waals surface area contributed by atoms with Crippen molar-refractivity contribution in [2.24, 2.45) is 0 Å². The Bertz CT molecular complexity index is 680. The van der Waals surface area contributed by atoms with Crippen LogP contribution in [0.25, 0.3) is 0 Å². The largest absolute Gasteiger partial charge is 0.456 e. The fourth-order valence-corrected chi connectivity index (χ4v) is 1.94. The second-order valence-corrected chi connectivity index (χ2v) is 4.48. The predicted octanol–water partition coefficient (Wildman–Crippen LogP) is 4.06. The minimum Gasteiger partial charge on any atom is -0.456 e. The molecule has 0 aliphatic heterocycles. The number of carbonyl (C=O) groups excluding carboxylic acids is 1. The zero-order chi connectivity index (χ0) is 13.8. The van der Waals surface area contributed by atoms with Crippen LogP contribution < -0.4 is 4.74 Å². The van der Waals surface area contributed by atoms with E-state index in [-0.39, 0.29) is 11.3 Å². The van der Waals surface area contributed by atoms with Crippen LogP contribution in [-0.4, -0.2) is 6.29 Å². The van der Waals surface area contributed by atoms with Crippen molar-refractivity contribution >= 4 is 22.2 Å². The van der Waals surface area contributed by atoms with Gasteiger partial charge in [-0.2, -0.15) is 5.26 Å². The molecule has 0 aromatic heterocycles. The summed E-state index contributed by atoms with van der Waals surface area (Å²) in [6.07, 6.45) is 0.705. The second-order valence-electron chi connectivity index (χ2n) is 3.63. The lowest BCUT2D eigenvalue weighted by Crippen LogP contribution is -1.92. The third-order valence-electron chi connectivity index (χ3n) is 2.41. The lowest BCUT2D eigenvalue weighted by atomic mass is 10.2. The van der Waals surface area contributed by atoms with Crippen molar-refractivity contribution in [1.82, 2.24) is 0 Å². The number of hydrogen-bond donors (Lipinski definition) is 0. The monoisotopic (exact) mass is 319 g/mol. The highest BCUT2D eigenvalue weighted by molar-refractivity contribution is 9.10. The lowest BCUT2D eigenvalue weighted by Gasteiger charge is -2.08. The molecule has 0 amide bonds. The number of benzene rings is 2. The molecule has 94 valence electrons. The Kier molecular flexibility index (Phi) is 3.93. The van der Waals surface area contributed by atoms with Crippen molar-refractivity contribution < 1.29 is 13.9 Å². The number of carbonyl (C=O) groups is 1. The van der Waals surface area contributed by atoms with Crippen LogP contribution in [0.5, 0.6) is 11.5 Å². The first kappa shape index (κ1) is 13.2. The molecule has 0 saturated carbocycles. The number of nitriles is 1. The van der Waals surface area contributed by atoms with Gasteiger partial charge >= 0.3 is 0 Å². The third-order valence-corrected chi connectivity index (χ3v) is 3.10. The summed E-state index contributed by atoms with van der Waals surface area (Å²) in [4.78, 5) is 10.7. The standard InChI is InChI=1S/C14H7BrFNO2/c15-12-6-10(5-4-9(12)8-18)19-14-3-1-2-13(16)11(14)7-17/h1-6,8H. The summed E-state index contributed by atoms with van der Waals surface area (Å²) >= 11 is 3.22. The predicted molar refractivity (Wildman–Crippen MR) is 70.7 cm³/mol. The zero-order valence-corrected chi connectivity index (χ0v) is 11.1. The molecule has 0 spiro atoms. The van der Waals surface area contributed by atoms with Gasteiger partial charge in [0.15, 0.2) is 6.29 Å². The van der Waals surface area contributed by atoms with Gasteiger partial charge in [0.05, 0.1) is 0 Å². The molecule has 0 atom stereocenters. The summed E-state index contributed by atoms with van der Waals surface area (Å²) in [6, 6.07) is 10.6. The molecule has 0 aliphatic carbocycles. The van der Waals surface area contributed by atoms with Crippen LogP contribution in [0.3, 0.4) is 0 Å². The van der Waals surface area contributed by atoms with E-state index in [1.165, 1.54) is 18.2 Å². The van der Waals surface area contributed by atoms with Gasteiger partial charge in [-0.05, 0) is 46.3 Å². The van der Waals surface area contributed by atoms with Crippen LogP contribution in [0.1, 0.15) is 15.9 Å². The number of aldehydes is 1. The van der Waals surface area contributed by atoms with Crippen molar-refractivity contribution in [1.29, 1.82) is 5.26 Å². The van der Waals surface area contributed by atoms with E-state index in [9.17, 15) is 9.18 Å². The van der Waals surface area contributed by atoms with E-state index in [1.807, 2.05) is 0 Å². The van der Waals surface area contributed by atoms with Crippen LogP contribution >= 0.6 is 15.9 Å². The quantitative estimate of drug-likeness (QED) is 0.801. The molecule has 2 aromatic carbocycles. The molecule has 2 aromatic rings. The Balaban J connectivity index is 2.37. The maximum Gasteiger partial charge on any atom is 0.151 e. The SMILES string of the molecule is N#Cc1c(F)cccc1Oc1ccc(C=O)c(Br)c1. The van der Waals surface area contributed by atoms with Crippen molar-refractivity contribution in [2.75, 3.05) is 0 Å². The molecular formula is C14H7BrFNO2. The van der Waals surface area contributed by atoms with Crippen molar-refractivity contribution in [2.45, 2.75) is 0 Å². The first-order valence-corrected chi connectivity index (χ1v) is 6.06. The number of ether oxygens (including phenoxy) is 1. The summed E-state index contributed by atoms with van der Waals surface area (Å²) in [5.74, 6) is -0.101. The molecule has 0 heterocycles. The van der Waals surface area contributed by atoms with Crippen molar-refractivity contribution in [3.63, 3.8) is 0 Å². The van der Waals surface area contributed by atoms with Crippen molar-refractivity contribution in [3.05, 3.63) is 57.8 Å². The topological polar surface area (TPSA) is 50.1 Å². The highest BCUT2D eigenvalue weighted by Gasteiger charge is 2.10. The smallest absolute Gasteiger partial charge is 0.151 e. The van der Waals surface area contributed by atoms with Crippen LogP contribution in [-0.2, 0) is 0 Å². The molecule has 0 saturated heterocycles. The highest BCUT2D eigenvalue weighted by atomic mass is 79.9. The molecule has 0 fully saturated rings. The first-order chi connectivity index (χ1) is 9.15. The number of hydrogen-bond acceptors (Lipinski definition) is 3. The Morgan fingerprint density at radius 3 is 2.74 bits per heavy atom. The summed E-state index contributed by atoms with van der Waals surface area (Å²) in [5.41, 5.74) is 0.324. The van der Waals surface area contributed by atoms with E-state index in [4.69, 9.17) is 10.00 Å². The minimum atomic E-state index is -0.636.